The molecule has 3 heterocycles. The summed E-state index contributed by atoms with van der Waals surface area (Å²) in [5.41, 5.74) is 10.2. The Hall–Kier alpha value is -6.61. The van der Waals surface area contributed by atoms with Crippen LogP contribution in [0.4, 0.5) is 0 Å². The van der Waals surface area contributed by atoms with E-state index in [0.29, 0.717) is 0 Å². The molecule has 11 rings (SSSR count). The second-order valence-electron chi connectivity index (χ2n) is 13.6. The number of para-hydroxylation sites is 5. The van der Waals surface area contributed by atoms with Crippen LogP contribution in [0.5, 0.6) is 0 Å². The standard InChI is InChI=1S/C48H32N3OP/c52-53(35-20-8-3-9-21-35)36-30-28-34(29-31-36)49-40-25-13-10-22-37(40)43-44-38-23-11-14-26-41(38)50(32-16-4-1-5-17-32)47(44)48-45(46(43)49)39-24-12-15-27-42(39)51(48)33-18-6-2-7-19-33/h1-31,53H. The van der Waals surface area contributed by atoms with Gasteiger partial charge in [0.05, 0.1) is 33.1 Å². The molecule has 1 atom stereocenters. The van der Waals surface area contributed by atoms with Gasteiger partial charge in [-0.05, 0) is 66.7 Å². The zero-order chi connectivity index (χ0) is 35.0. The second kappa shape index (κ2) is 11.7. The van der Waals surface area contributed by atoms with E-state index in [-0.39, 0.29) is 0 Å². The highest BCUT2D eigenvalue weighted by Crippen LogP contribution is 2.50. The van der Waals surface area contributed by atoms with Gasteiger partial charge >= 0.3 is 0 Å². The molecule has 0 radical (unpaired) electrons. The number of hydrogen-bond donors (Lipinski definition) is 0. The Labute approximate surface area is 306 Å². The lowest BCUT2D eigenvalue weighted by Crippen LogP contribution is -2.06. The number of hydrogen-bond acceptors (Lipinski definition) is 1. The summed E-state index contributed by atoms with van der Waals surface area (Å²) in [7, 11) is -2.14. The normalized spacial score (nSPS) is 12.5. The van der Waals surface area contributed by atoms with Gasteiger partial charge in [-0.1, -0.05) is 121 Å². The van der Waals surface area contributed by atoms with Gasteiger partial charge in [0.15, 0.2) is 0 Å². The molecule has 0 aliphatic carbocycles. The third-order valence-corrected chi connectivity index (χ3v) is 12.5. The van der Waals surface area contributed by atoms with Crippen molar-refractivity contribution in [3.05, 3.63) is 188 Å². The molecule has 0 saturated heterocycles. The van der Waals surface area contributed by atoms with Crippen molar-refractivity contribution in [1.82, 2.24) is 13.7 Å². The van der Waals surface area contributed by atoms with E-state index in [1.165, 1.54) is 48.9 Å². The summed E-state index contributed by atoms with van der Waals surface area (Å²) in [5, 5.41) is 8.98. The van der Waals surface area contributed by atoms with Gasteiger partial charge in [0.25, 0.3) is 0 Å². The molecule has 0 N–H and O–H groups in total. The first-order chi connectivity index (χ1) is 26.3. The Balaban J connectivity index is 1.38. The first-order valence-corrected chi connectivity index (χ1v) is 19.4. The average Bonchev–Trinajstić information content (AvgIpc) is 3.88. The molecule has 0 fully saturated rings. The van der Waals surface area contributed by atoms with Gasteiger partial charge < -0.3 is 18.3 Å². The van der Waals surface area contributed by atoms with Crippen LogP contribution in [0, 0.1) is 0 Å². The maximum atomic E-state index is 13.7. The summed E-state index contributed by atoms with van der Waals surface area (Å²) in [6.45, 7) is 0. The van der Waals surface area contributed by atoms with Crippen molar-refractivity contribution in [2.45, 2.75) is 0 Å². The van der Waals surface area contributed by atoms with E-state index in [0.717, 1.165) is 44.2 Å². The summed E-state index contributed by atoms with van der Waals surface area (Å²) < 4.78 is 21.1. The zero-order valence-corrected chi connectivity index (χ0v) is 29.6. The molecular weight excluding hydrogens is 666 g/mol. The first kappa shape index (κ1) is 30.1. The highest BCUT2D eigenvalue weighted by atomic mass is 31.1. The van der Waals surface area contributed by atoms with E-state index in [1.807, 2.05) is 30.3 Å². The largest absolute Gasteiger partial charge is 0.317 e. The molecule has 0 amide bonds. The highest BCUT2D eigenvalue weighted by molar-refractivity contribution is 7.61. The Morgan fingerprint density at radius 2 is 0.642 bits per heavy atom. The van der Waals surface area contributed by atoms with Crippen LogP contribution < -0.4 is 10.6 Å². The molecule has 0 bridgehead atoms. The fourth-order valence-corrected chi connectivity index (χ4v) is 9.93. The van der Waals surface area contributed by atoms with Gasteiger partial charge in [-0.25, -0.2) is 0 Å². The lowest BCUT2D eigenvalue weighted by molar-refractivity contribution is 0.598. The maximum absolute atomic E-state index is 13.7. The smallest absolute Gasteiger partial charge is 0.131 e. The van der Waals surface area contributed by atoms with Crippen LogP contribution in [0.2, 0.25) is 0 Å². The highest BCUT2D eigenvalue weighted by Gasteiger charge is 2.28. The number of rotatable bonds is 5. The van der Waals surface area contributed by atoms with Crippen LogP contribution in [0.15, 0.2) is 188 Å². The minimum atomic E-state index is -2.14. The Morgan fingerprint density at radius 1 is 0.302 bits per heavy atom. The SMILES string of the molecule is O=[PH](c1ccccc1)c1ccc(-n2c3ccccc3c3c4c5ccccc5n(-c5ccccc5)c4c4c(c5ccccc5n4-c4ccccc4)c32)cc1. The van der Waals surface area contributed by atoms with Crippen LogP contribution in [0.25, 0.3) is 82.5 Å². The predicted molar refractivity (Wildman–Crippen MR) is 224 cm³/mol. The van der Waals surface area contributed by atoms with Crippen molar-refractivity contribution in [3.63, 3.8) is 0 Å². The van der Waals surface area contributed by atoms with E-state index >= 15 is 0 Å². The van der Waals surface area contributed by atoms with Crippen LogP contribution in [-0.2, 0) is 4.57 Å². The van der Waals surface area contributed by atoms with Crippen molar-refractivity contribution in [1.29, 1.82) is 0 Å². The van der Waals surface area contributed by atoms with Crippen molar-refractivity contribution in [2.24, 2.45) is 0 Å². The number of aromatic nitrogens is 3. The van der Waals surface area contributed by atoms with E-state index < -0.39 is 7.80 Å². The van der Waals surface area contributed by atoms with Gasteiger partial charge in [-0.15, -0.1) is 0 Å². The molecule has 3 aromatic heterocycles. The summed E-state index contributed by atoms with van der Waals surface area (Å²) in [6, 6.07) is 66.1. The second-order valence-corrected chi connectivity index (χ2v) is 15.5. The van der Waals surface area contributed by atoms with Crippen molar-refractivity contribution >= 4 is 83.8 Å². The Kier molecular flexibility index (Phi) is 6.64. The third-order valence-electron chi connectivity index (χ3n) is 10.8. The fourth-order valence-electron chi connectivity index (χ4n) is 8.63. The fraction of sp³-hybridized carbons (Fsp3) is 0. The lowest BCUT2D eigenvalue weighted by Gasteiger charge is -2.14. The molecule has 4 nitrogen and oxygen atoms in total. The van der Waals surface area contributed by atoms with Crippen molar-refractivity contribution in [3.8, 4) is 17.1 Å². The van der Waals surface area contributed by atoms with E-state index in [2.05, 4.69) is 171 Å². The van der Waals surface area contributed by atoms with Gasteiger partial charge in [-0.3, -0.25) is 0 Å². The lowest BCUT2D eigenvalue weighted by atomic mass is 10.0. The molecule has 8 aromatic carbocycles. The molecule has 53 heavy (non-hydrogen) atoms. The molecule has 250 valence electrons. The number of nitrogens with zero attached hydrogens (tertiary/aromatic N) is 3. The summed E-state index contributed by atoms with van der Waals surface area (Å²) in [5.74, 6) is 0. The minimum absolute atomic E-state index is 0.852. The Bertz CT molecular complexity index is 3210. The first-order valence-electron chi connectivity index (χ1n) is 18.0. The van der Waals surface area contributed by atoms with Crippen LogP contribution in [-0.4, -0.2) is 13.7 Å². The summed E-state index contributed by atoms with van der Waals surface area (Å²) in [6.07, 6.45) is 0. The topological polar surface area (TPSA) is 31.9 Å². The third kappa shape index (κ3) is 4.34. The van der Waals surface area contributed by atoms with Crippen LogP contribution in [0.1, 0.15) is 0 Å². The number of fused-ring (bicyclic) bond motifs is 12. The molecule has 11 aromatic rings. The zero-order valence-electron chi connectivity index (χ0n) is 28.6. The maximum Gasteiger partial charge on any atom is 0.131 e. The van der Waals surface area contributed by atoms with Gasteiger partial charge in [0.1, 0.15) is 7.80 Å². The van der Waals surface area contributed by atoms with Crippen LogP contribution in [0.3, 0.4) is 0 Å². The van der Waals surface area contributed by atoms with E-state index in [1.54, 1.807) is 0 Å². The van der Waals surface area contributed by atoms with Crippen LogP contribution >= 0.6 is 7.80 Å². The quantitative estimate of drug-likeness (QED) is 0.165. The van der Waals surface area contributed by atoms with Gasteiger partial charge in [0.2, 0.25) is 0 Å². The van der Waals surface area contributed by atoms with Gasteiger partial charge in [-0.2, -0.15) is 0 Å². The van der Waals surface area contributed by atoms with Gasteiger partial charge in [0, 0.05) is 60.0 Å². The molecular formula is C48H32N3OP. The minimum Gasteiger partial charge on any atom is -0.317 e. The summed E-state index contributed by atoms with van der Waals surface area (Å²) in [4.78, 5) is 0. The molecule has 1 unspecified atom stereocenters. The number of benzene rings is 8. The molecule has 0 saturated carbocycles. The Morgan fingerprint density at radius 3 is 1.15 bits per heavy atom. The molecule has 0 aliphatic heterocycles. The summed E-state index contributed by atoms with van der Waals surface area (Å²) >= 11 is 0. The van der Waals surface area contributed by atoms with Crippen molar-refractivity contribution < 1.29 is 4.57 Å². The predicted octanol–water partition coefficient (Wildman–Crippen LogP) is 11.5. The van der Waals surface area contributed by atoms with E-state index in [9.17, 15) is 4.57 Å². The molecule has 0 spiro atoms. The average molecular weight is 698 g/mol. The molecule has 0 aliphatic rings. The van der Waals surface area contributed by atoms with E-state index in [4.69, 9.17) is 0 Å². The van der Waals surface area contributed by atoms with Crippen molar-refractivity contribution in [2.75, 3.05) is 0 Å². The molecule has 5 heteroatoms. The monoisotopic (exact) mass is 697 g/mol.